The van der Waals surface area contributed by atoms with Gasteiger partial charge in [-0.3, -0.25) is 0 Å². The molecule has 0 aromatic heterocycles. The highest BCUT2D eigenvalue weighted by Crippen LogP contribution is 2.16. The molecule has 0 fully saturated rings. The molecule has 0 heterocycles. The standard InChI is InChI=1S/C13H17NO3/c1-10(14-9-8-13(15)17-3)11-4-6-12(16-2)7-5-11/h4-10,14H,1-3H3/b9-8+/t10-/m1/s1. The first-order valence-corrected chi connectivity index (χ1v) is 5.32. The number of esters is 1. The molecule has 0 spiro atoms. The van der Waals surface area contributed by atoms with Crippen molar-refractivity contribution in [3.8, 4) is 5.75 Å². The Bertz CT molecular complexity index is 384. The molecule has 4 heteroatoms. The van der Waals surface area contributed by atoms with Crippen molar-refractivity contribution < 1.29 is 14.3 Å². The summed E-state index contributed by atoms with van der Waals surface area (Å²) in [4.78, 5) is 10.8. The zero-order chi connectivity index (χ0) is 12.7. The molecule has 1 rings (SSSR count). The Morgan fingerprint density at radius 1 is 1.29 bits per heavy atom. The summed E-state index contributed by atoms with van der Waals surface area (Å²) in [5.74, 6) is 0.450. The van der Waals surface area contributed by atoms with Gasteiger partial charge in [-0.05, 0) is 24.6 Å². The molecule has 0 unspecified atom stereocenters. The Balaban J connectivity index is 2.54. The zero-order valence-corrected chi connectivity index (χ0v) is 10.3. The van der Waals surface area contributed by atoms with Crippen LogP contribution in [0.4, 0.5) is 0 Å². The highest BCUT2D eigenvalue weighted by atomic mass is 16.5. The Kier molecular flexibility index (Phi) is 5.07. The smallest absolute Gasteiger partial charge is 0.331 e. The third-order valence-corrected chi connectivity index (χ3v) is 2.38. The molecular weight excluding hydrogens is 218 g/mol. The number of carbonyl (C=O) groups is 1. The number of hydrogen-bond donors (Lipinski definition) is 1. The highest BCUT2D eigenvalue weighted by molar-refractivity contribution is 5.81. The summed E-state index contributed by atoms with van der Waals surface area (Å²) in [5.41, 5.74) is 1.11. The van der Waals surface area contributed by atoms with Crippen LogP contribution in [0.5, 0.6) is 5.75 Å². The molecule has 0 saturated carbocycles. The van der Waals surface area contributed by atoms with Crippen LogP contribution >= 0.6 is 0 Å². The van der Waals surface area contributed by atoms with Gasteiger partial charge in [0.15, 0.2) is 0 Å². The van der Waals surface area contributed by atoms with Gasteiger partial charge in [0.2, 0.25) is 0 Å². The Morgan fingerprint density at radius 2 is 1.94 bits per heavy atom. The van der Waals surface area contributed by atoms with E-state index in [1.54, 1.807) is 13.3 Å². The van der Waals surface area contributed by atoms with E-state index in [2.05, 4.69) is 10.1 Å². The van der Waals surface area contributed by atoms with E-state index in [1.807, 2.05) is 31.2 Å². The monoisotopic (exact) mass is 235 g/mol. The van der Waals surface area contributed by atoms with Crippen LogP contribution in [0.25, 0.3) is 0 Å². The molecule has 0 bridgehead atoms. The summed E-state index contributed by atoms with van der Waals surface area (Å²) in [6.07, 6.45) is 2.93. The third kappa shape index (κ3) is 4.18. The van der Waals surface area contributed by atoms with Crippen LogP contribution in [-0.4, -0.2) is 20.2 Å². The first kappa shape index (κ1) is 13.1. The van der Waals surface area contributed by atoms with E-state index < -0.39 is 0 Å². The van der Waals surface area contributed by atoms with E-state index in [0.717, 1.165) is 11.3 Å². The van der Waals surface area contributed by atoms with E-state index in [1.165, 1.54) is 13.2 Å². The van der Waals surface area contributed by atoms with E-state index in [0.29, 0.717) is 0 Å². The van der Waals surface area contributed by atoms with Crippen molar-refractivity contribution in [2.45, 2.75) is 13.0 Å². The summed E-state index contributed by atoms with van der Waals surface area (Å²) in [6, 6.07) is 7.86. The molecule has 0 amide bonds. The van der Waals surface area contributed by atoms with Crippen molar-refractivity contribution in [1.82, 2.24) is 5.32 Å². The van der Waals surface area contributed by atoms with Gasteiger partial charge in [-0.1, -0.05) is 12.1 Å². The summed E-state index contributed by atoms with van der Waals surface area (Å²) in [6.45, 7) is 2.00. The van der Waals surface area contributed by atoms with E-state index in [-0.39, 0.29) is 12.0 Å². The van der Waals surface area contributed by atoms with E-state index in [4.69, 9.17) is 4.74 Å². The topological polar surface area (TPSA) is 47.6 Å². The van der Waals surface area contributed by atoms with Crippen LogP contribution in [-0.2, 0) is 9.53 Å². The Hall–Kier alpha value is -1.97. The minimum Gasteiger partial charge on any atom is -0.497 e. The van der Waals surface area contributed by atoms with Gasteiger partial charge in [0.1, 0.15) is 5.75 Å². The van der Waals surface area contributed by atoms with Crippen molar-refractivity contribution >= 4 is 5.97 Å². The number of nitrogens with one attached hydrogen (secondary N) is 1. The maximum Gasteiger partial charge on any atom is 0.331 e. The molecule has 1 N–H and O–H groups in total. The van der Waals surface area contributed by atoms with Gasteiger partial charge in [-0.15, -0.1) is 0 Å². The average Bonchev–Trinajstić information content (AvgIpc) is 2.38. The first-order valence-electron chi connectivity index (χ1n) is 5.32. The quantitative estimate of drug-likeness (QED) is 0.626. The van der Waals surface area contributed by atoms with Crippen LogP contribution in [0.1, 0.15) is 18.5 Å². The molecule has 0 radical (unpaired) electrons. The predicted octanol–water partition coefficient (Wildman–Crippen LogP) is 2.03. The normalized spacial score (nSPS) is 12.2. The molecule has 0 saturated heterocycles. The Labute approximate surface area is 101 Å². The fraction of sp³-hybridized carbons (Fsp3) is 0.308. The Morgan fingerprint density at radius 3 is 2.47 bits per heavy atom. The molecular formula is C13H17NO3. The van der Waals surface area contributed by atoms with Gasteiger partial charge < -0.3 is 14.8 Å². The fourth-order valence-corrected chi connectivity index (χ4v) is 1.32. The van der Waals surface area contributed by atoms with Crippen molar-refractivity contribution in [2.75, 3.05) is 14.2 Å². The van der Waals surface area contributed by atoms with Gasteiger partial charge in [0.25, 0.3) is 0 Å². The lowest BCUT2D eigenvalue weighted by atomic mass is 10.1. The van der Waals surface area contributed by atoms with Gasteiger partial charge >= 0.3 is 5.97 Å². The summed E-state index contributed by atoms with van der Waals surface area (Å²) >= 11 is 0. The predicted molar refractivity (Wildman–Crippen MR) is 65.7 cm³/mol. The lowest BCUT2D eigenvalue weighted by Gasteiger charge is -2.12. The third-order valence-electron chi connectivity index (χ3n) is 2.38. The van der Waals surface area contributed by atoms with Gasteiger partial charge in [0, 0.05) is 18.3 Å². The van der Waals surface area contributed by atoms with Gasteiger partial charge in [-0.2, -0.15) is 0 Å². The second kappa shape index (κ2) is 6.58. The number of rotatable bonds is 5. The zero-order valence-electron chi connectivity index (χ0n) is 10.3. The minimum atomic E-state index is -0.376. The lowest BCUT2D eigenvalue weighted by Crippen LogP contribution is -2.12. The molecule has 4 nitrogen and oxygen atoms in total. The largest absolute Gasteiger partial charge is 0.497 e. The molecule has 0 aliphatic heterocycles. The average molecular weight is 235 g/mol. The molecule has 0 aliphatic carbocycles. The SMILES string of the molecule is COC(=O)/C=C/N[C@H](C)c1ccc(OC)cc1. The fourth-order valence-electron chi connectivity index (χ4n) is 1.32. The molecule has 92 valence electrons. The first-order chi connectivity index (χ1) is 8.17. The number of hydrogen-bond acceptors (Lipinski definition) is 4. The molecule has 1 aromatic rings. The highest BCUT2D eigenvalue weighted by Gasteiger charge is 2.02. The summed E-state index contributed by atoms with van der Waals surface area (Å²) in [7, 11) is 2.98. The number of ether oxygens (including phenoxy) is 2. The number of carbonyl (C=O) groups excluding carboxylic acids is 1. The second-order valence-corrected chi connectivity index (χ2v) is 3.52. The second-order valence-electron chi connectivity index (χ2n) is 3.52. The van der Waals surface area contributed by atoms with Crippen LogP contribution in [0.15, 0.2) is 36.5 Å². The summed E-state index contributed by atoms with van der Waals surface area (Å²) in [5, 5.41) is 3.08. The van der Waals surface area contributed by atoms with E-state index >= 15 is 0 Å². The van der Waals surface area contributed by atoms with E-state index in [9.17, 15) is 4.79 Å². The maximum absolute atomic E-state index is 10.8. The van der Waals surface area contributed by atoms with Crippen LogP contribution in [0, 0.1) is 0 Å². The van der Waals surface area contributed by atoms with Crippen molar-refractivity contribution in [1.29, 1.82) is 0 Å². The lowest BCUT2D eigenvalue weighted by molar-refractivity contribution is -0.134. The van der Waals surface area contributed by atoms with Crippen molar-refractivity contribution in [3.63, 3.8) is 0 Å². The molecule has 0 aliphatic rings. The molecule has 17 heavy (non-hydrogen) atoms. The molecule has 1 atom stereocenters. The minimum absolute atomic E-state index is 0.113. The van der Waals surface area contributed by atoms with Gasteiger partial charge in [0.05, 0.1) is 14.2 Å². The van der Waals surface area contributed by atoms with Crippen LogP contribution < -0.4 is 10.1 Å². The van der Waals surface area contributed by atoms with Crippen LogP contribution in [0.3, 0.4) is 0 Å². The number of methoxy groups -OCH3 is 2. The van der Waals surface area contributed by atoms with Gasteiger partial charge in [-0.25, -0.2) is 4.79 Å². The maximum atomic E-state index is 10.8. The van der Waals surface area contributed by atoms with Crippen molar-refractivity contribution in [3.05, 3.63) is 42.1 Å². The van der Waals surface area contributed by atoms with Crippen molar-refractivity contribution in [2.24, 2.45) is 0 Å². The molecule has 1 aromatic carbocycles. The van der Waals surface area contributed by atoms with Crippen LogP contribution in [0.2, 0.25) is 0 Å². The number of benzene rings is 1. The summed E-state index contributed by atoms with van der Waals surface area (Å²) < 4.78 is 9.57.